The summed E-state index contributed by atoms with van der Waals surface area (Å²) in [6.07, 6.45) is 6.20. The fourth-order valence-electron chi connectivity index (χ4n) is 1.82. The molecule has 1 heteroatoms. The van der Waals surface area contributed by atoms with Gasteiger partial charge in [-0.25, -0.2) is 0 Å². The molecule has 0 spiro atoms. The summed E-state index contributed by atoms with van der Waals surface area (Å²) in [5.41, 5.74) is 1.64. The van der Waals surface area contributed by atoms with Gasteiger partial charge in [0.05, 0.1) is 0 Å². The summed E-state index contributed by atoms with van der Waals surface area (Å²) in [5.74, 6) is 0. The van der Waals surface area contributed by atoms with Crippen molar-refractivity contribution in [2.24, 2.45) is 10.8 Å². The van der Waals surface area contributed by atoms with Gasteiger partial charge in [-0.2, -0.15) is 0 Å². The summed E-state index contributed by atoms with van der Waals surface area (Å²) in [6, 6.07) is 0. The van der Waals surface area contributed by atoms with Crippen molar-refractivity contribution in [1.82, 2.24) is 0 Å². The maximum atomic E-state index is 10.2. The maximum absolute atomic E-state index is 10.2. The summed E-state index contributed by atoms with van der Waals surface area (Å²) in [7, 11) is 0. The quantitative estimate of drug-likeness (QED) is 0.371. The summed E-state index contributed by atoms with van der Waals surface area (Å²) < 4.78 is 0. The first-order chi connectivity index (χ1) is 6.19. The Morgan fingerprint density at radius 1 is 0.857 bits per heavy atom. The van der Waals surface area contributed by atoms with Crippen molar-refractivity contribution in [3.8, 4) is 0 Å². The van der Waals surface area contributed by atoms with Crippen molar-refractivity contribution < 1.29 is 4.79 Å². The molecule has 0 saturated heterocycles. The van der Waals surface area contributed by atoms with Gasteiger partial charge in [0.25, 0.3) is 0 Å². The molecule has 0 saturated carbocycles. The minimum absolute atomic E-state index is 0.144. The first-order valence-corrected chi connectivity index (χ1v) is 5.02. The Morgan fingerprint density at radius 3 is 1.57 bits per heavy atom. The fourth-order valence-corrected chi connectivity index (χ4v) is 1.82. The van der Waals surface area contributed by atoms with Crippen LogP contribution in [-0.2, 0) is 4.79 Å². The van der Waals surface area contributed by atoms with Gasteiger partial charge in [-0.05, 0) is 16.9 Å². The first kappa shape index (κ1) is 13.2. The lowest BCUT2D eigenvalue weighted by Crippen LogP contribution is -2.22. The van der Waals surface area contributed by atoms with Crippen LogP contribution in [0.3, 0.4) is 0 Å². The number of aldehydes is 1. The van der Waals surface area contributed by atoms with E-state index >= 15 is 0 Å². The highest BCUT2D eigenvalue weighted by atomic mass is 16.1. The van der Waals surface area contributed by atoms with Crippen LogP contribution in [0, 0.1) is 10.8 Å². The van der Waals surface area contributed by atoms with Gasteiger partial charge < -0.3 is 0 Å². The van der Waals surface area contributed by atoms with E-state index in [2.05, 4.69) is 47.6 Å². The molecule has 0 bridgehead atoms. The van der Waals surface area contributed by atoms with Gasteiger partial charge in [0.1, 0.15) is 6.29 Å². The monoisotopic (exact) mass is 194 g/mol. The van der Waals surface area contributed by atoms with Crippen LogP contribution in [0.15, 0.2) is 23.8 Å². The number of carbonyl (C=O) groups is 1. The second-order valence-corrected chi connectivity index (χ2v) is 5.60. The molecule has 0 rings (SSSR count). The second kappa shape index (κ2) is 4.59. The van der Waals surface area contributed by atoms with Crippen LogP contribution in [0.5, 0.6) is 0 Å². The van der Waals surface area contributed by atoms with E-state index in [0.29, 0.717) is 0 Å². The Hall–Kier alpha value is -0.850. The number of carbonyl (C=O) groups excluding carboxylic acids is 1. The third kappa shape index (κ3) is 4.40. The highest BCUT2D eigenvalue weighted by Crippen LogP contribution is 2.38. The van der Waals surface area contributed by atoms with Gasteiger partial charge in [0.2, 0.25) is 0 Å². The zero-order valence-electron chi connectivity index (χ0n) is 10.2. The lowest BCUT2D eigenvalue weighted by Gasteiger charge is -2.33. The van der Waals surface area contributed by atoms with Crippen LogP contribution in [0.4, 0.5) is 0 Å². The minimum Gasteiger partial charge on any atom is -0.299 e. The molecule has 1 nitrogen and oxygen atoms in total. The normalized spacial score (nSPS) is 13.0. The standard InChI is InChI=1S/C13H22O/c1-12(2,3)11(13(4,5)6)9-7-8-10-14/h7-10H,1-6H3/b8-7+. The highest BCUT2D eigenvalue weighted by Gasteiger charge is 2.26. The SMILES string of the molecule is CC(C)(C)C(=C/C=C/C=O)C(C)(C)C. The second-order valence-electron chi connectivity index (χ2n) is 5.60. The molecule has 0 amide bonds. The molecule has 0 unspecified atom stereocenters. The zero-order chi connectivity index (χ0) is 11.4. The van der Waals surface area contributed by atoms with Crippen LogP contribution in [0.1, 0.15) is 41.5 Å². The number of rotatable bonds is 2. The van der Waals surface area contributed by atoms with E-state index in [9.17, 15) is 4.79 Å². The van der Waals surface area contributed by atoms with Gasteiger partial charge in [0.15, 0.2) is 0 Å². The van der Waals surface area contributed by atoms with E-state index < -0.39 is 0 Å². The molecule has 14 heavy (non-hydrogen) atoms. The molecular weight excluding hydrogens is 172 g/mol. The van der Waals surface area contributed by atoms with Crippen LogP contribution in [-0.4, -0.2) is 6.29 Å². The number of hydrogen-bond acceptors (Lipinski definition) is 1. The van der Waals surface area contributed by atoms with E-state index in [4.69, 9.17) is 0 Å². The Labute approximate surface area is 87.9 Å². The van der Waals surface area contributed by atoms with Crippen molar-refractivity contribution >= 4 is 6.29 Å². The molecule has 0 N–H and O–H groups in total. The molecule has 0 heterocycles. The Bertz CT molecular complexity index is 227. The molecule has 80 valence electrons. The predicted molar refractivity (Wildman–Crippen MR) is 62.2 cm³/mol. The van der Waals surface area contributed by atoms with Gasteiger partial charge in [-0.15, -0.1) is 0 Å². The highest BCUT2D eigenvalue weighted by molar-refractivity contribution is 5.65. The molecular formula is C13H22O. The number of allylic oxidation sites excluding steroid dienone is 4. The molecule has 0 aromatic heterocycles. The average molecular weight is 194 g/mol. The van der Waals surface area contributed by atoms with Gasteiger partial charge in [0, 0.05) is 0 Å². The van der Waals surface area contributed by atoms with Crippen molar-refractivity contribution in [2.45, 2.75) is 41.5 Å². The zero-order valence-corrected chi connectivity index (χ0v) is 10.2. The summed E-state index contributed by atoms with van der Waals surface area (Å²) in [6.45, 7) is 13.2. The fraction of sp³-hybridized carbons (Fsp3) is 0.615. The molecule has 0 aliphatic carbocycles. The van der Waals surface area contributed by atoms with Gasteiger partial charge in [-0.3, -0.25) is 4.79 Å². The topological polar surface area (TPSA) is 17.1 Å². The maximum Gasteiger partial charge on any atom is 0.142 e. The molecule has 0 aliphatic rings. The Balaban J connectivity index is 5.03. The molecule has 0 atom stereocenters. The third-order valence-electron chi connectivity index (χ3n) is 2.07. The van der Waals surface area contributed by atoms with Crippen molar-refractivity contribution in [3.63, 3.8) is 0 Å². The smallest absolute Gasteiger partial charge is 0.142 e. The van der Waals surface area contributed by atoms with Crippen LogP contribution in [0.25, 0.3) is 0 Å². The minimum atomic E-state index is 0.144. The predicted octanol–water partition coefficient (Wildman–Crippen LogP) is 3.76. The van der Waals surface area contributed by atoms with E-state index in [-0.39, 0.29) is 10.8 Å². The van der Waals surface area contributed by atoms with E-state index in [1.165, 1.54) is 11.6 Å². The van der Waals surface area contributed by atoms with Gasteiger partial charge >= 0.3 is 0 Å². The third-order valence-corrected chi connectivity index (χ3v) is 2.07. The Morgan fingerprint density at radius 2 is 1.29 bits per heavy atom. The largest absolute Gasteiger partial charge is 0.299 e. The Kier molecular flexibility index (Phi) is 4.31. The molecule has 0 aromatic rings. The van der Waals surface area contributed by atoms with Crippen molar-refractivity contribution in [1.29, 1.82) is 0 Å². The van der Waals surface area contributed by atoms with Gasteiger partial charge in [-0.1, -0.05) is 59.3 Å². The molecule has 0 radical (unpaired) electrons. The van der Waals surface area contributed by atoms with Crippen LogP contribution < -0.4 is 0 Å². The summed E-state index contributed by atoms with van der Waals surface area (Å²) in [4.78, 5) is 10.2. The molecule has 0 fully saturated rings. The van der Waals surface area contributed by atoms with E-state index in [0.717, 1.165) is 6.29 Å². The lowest BCUT2D eigenvalue weighted by molar-refractivity contribution is -0.104. The van der Waals surface area contributed by atoms with E-state index in [1.54, 1.807) is 0 Å². The van der Waals surface area contributed by atoms with E-state index in [1.807, 2.05) is 6.08 Å². The lowest BCUT2D eigenvalue weighted by atomic mass is 9.72. The average Bonchev–Trinajstić information content (AvgIpc) is 1.92. The molecule has 0 aromatic carbocycles. The summed E-state index contributed by atoms with van der Waals surface area (Å²) in [5, 5.41) is 0. The number of hydrogen-bond donors (Lipinski definition) is 0. The summed E-state index contributed by atoms with van der Waals surface area (Å²) >= 11 is 0. The van der Waals surface area contributed by atoms with Crippen LogP contribution in [0.2, 0.25) is 0 Å². The van der Waals surface area contributed by atoms with Crippen LogP contribution >= 0.6 is 0 Å². The first-order valence-electron chi connectivity index (χ1n) is 5.02. The van der Waals surface area contributed by atoms with Crippen molar-refractivity contribution in [3.05, 3.63) is 23.8 Å². The van der Waals surface area contributed by atoms with Crippen molar-refractivity contribution in [2.75, 3.05) is 0 Å². The molecule has 0 aliphatic heterocycles.